The molecule has 0 aliphatic heterocycles. The Labute approximate surface area is 86.9 Å². The summed E-state index contributed by atoms with van der Waals surface area (Å²) in [6.07, 6.45) is 0. The highest BCUT2D eigenvalue weighted by molar-refractivity contribution is 6.00. The quantitative estimate of drug-likeness (QED) is 0.386. The Balaban J connectivity index is 3.19. The summed E-state index contributed by atoms with van der Waals surface area (Å²) in [5.74, 6) is -0.772. The lowest BCUT2D eigenvalue weighted by Crippen LogP contribution is -2.08. The first-order valence-corrected chi connectivity index (χ1v) is 4.33. The third-order valence-corrected chi connectivity index (χ3v) is 1.86. The number of nitrogens with two attached hydrogens (primary N) is 1. The molecule has 0 spiro atoms. The van der Waals surface area contributed by atoms with E-state index in [2.05, 4.69) is 5.32 Å². The van der Waals surface area contributed by atoms with Gasteiger partial charge in [-0.15, -0.1) is 0 Å². The molecule has 4 N–H and O–H groups in total. The van der Waals surface area contributed by atoms with E-state index in [1.807, 2.05) is 0 Å². The number of nitrogens with one attached hydrogen (secondary N) is 1. The number of nitrogen functional groups attached to an aromatic ring is 1. The fourth-order valence-electron chi connectivity index (χ4n) is 1.18. The van der Waals surface area contributed by atoms with Crippen LogP contribution in [0.15, 0.2) is 12.1 Å². The second kappa shape index (κ2) is 4.00. The lowest BCUT2D eigenvalue weighted by Gasteiger charge is -2.09. The molecule has 0 aromatic heterocycles. The molecule has 0 saturated heterocycles. The van der Waals surface area contributed by atoms with Crippen molar-refractivity contribution in [1.82, 2.24) is 0 Å². The molecule has 1 rings (SSSR count). The zero-order valence-corrected chi connectivity index (χ0v) is 8.50. The summed E-state index contributed by atoms with van der Waals surface area (Å²) in [6, 6.07) is 2.59. The molecule has 0 aliphatic carbocycles. The molecule has 80 valence electrons. The number of benzene rings is 1. The number of phenols is 1. The fourth-order valence-corrected chi connectivity index (χ4v) is 1.18. The standard InChI is InChI=1S/C10H12N2O3/c1-5(13)7-3-8(11)9(4-10(7)15)12-6(2)14/h3-4,15H,11H2,1-2H3,(H,12,14). The van der Waals surface area contributed by atoms with Gasteiger partial charge in [0.2, 0.25) is 5.91 Å². The maximum atomic E-state index is 11.0. The zero-order chi connectivity index (χ0) is 11.6. The normalized spacial score (nSPS) is 9.73. The average Bonchev–Trinajstić information content (AvgIpc) is 2.09. The van der Waals surface area contributed by atoms with Crippen molar-refractivity contribution in [3.63, 3.8) is 0 Å². The minimum absolute atomic E-state index is 0.140. The molecular formula is C10H12N2O3. The molecule has 1 aromatic carbocycles. The summed E-state index contributed by atoms with van der Waals surface area (Å²) in [6.45, 7) is 2.65. The number of amides is 1. The molecule has 5 heteroatoms. The number of Topliss-reactive ketones (excluding diaryl/α,β-unsaturated/α-hetero) is 1. The van der Waals surface area contributed by atoms with Crippen LogP contribution in [0.1, 0.15) is 24.2 Å². The van der Waals surface area contributed by atoms with E-state index in [9.17, 15) is 14.7 Å². The number of ketones is 1. The van der Waals surface area contributed by atoms with E-state index in [1.54, 1.807) is 0 Å². The maximum Gasteiger partial charge on any atom is 0.221 e. The maximum absolute atomic E-state index is 11.0. The number of anilines is 2. The Hall–Kier alpha value is -2.04. The molecular weight excluding hydrogens is 196 g/mol. The highest BCUT2D eigenvalue weighted by Crippen LogP contribution is 2.28. The first kappa shape index (κ1) is 11.0. The number of aromatic hydroxyl groups is 1. The third kappa shape index (κ3) is 2.46. The van der Waals surface area contributed by atoms with Crippen LogP contribution < -0.4 is 11.1 Å². The van der Waals surface area contributed by atoms with Crippen LogP contribution in [0.2, 0.25) is 0 Å². The summed E-state index contributed by atoms with van der Waals surface area (Å²) < 4.78 is 0. The Morgan fingerprint density at radius 3 is 2.40 bits per heavy atom. The number of carbonyl (C=O) groups excluding carboxylic acids is 2. The molecule has 0 atom stereocenters. The predicted octanol–water partition coefficient (Wildman–Crippen LogP) is 1.14. The van der Waals surface area contributed by atoms with Crippen molar-refractivity contribution in [1.29, 1.82) is 0 Å². The Bertz CT molecular complexity index is 427. The summed E-state index contributed by atoms with van der Waals surface area (Å²) in [5, 5.41) is 11.9. The number of hydrogen-bond donors (Lipinski definition) is 3. The van der Waals surface area contributed by atoms with Gasteiger partial charge >= 0.3 is 0 Å². The lowest BCUT2D eigenvalue weighted by atomic mass is 10.1. The van der Waals surface area contributed by atoms with Crippen LogP contribution in [0, 0.1) is 0 Å². The van der Waals surface area contributed by atoms with E-state index in [1.165, 1.54) is 26.0 Å². The van der Waals surface area contributed by atoms with Crippen LogP contribution in [-0.4, -0.2) is 16.8 Å². The first-order chi connectivity index (χ1) is 6.91. The number of carbonyl (C=O) groups is 2. The minimum Gasteiger partial charge on any atom is -0.507 e. The molecule has 0 unspecified atom stereocenters. The summed E-state index contributed by atoms with van der Waals surface area (Å²) >= 11 is 0. The highest BCUT2D eigenvalue weighted by atomic mass is 16.3. The Kier molecular flexibility index (Phi) is 2.94. The number of hydrogen-bond acceptors (Lipinski definition) is 4. The van der Waals surface area contributed by atoms with Crippen LogP contribution in [-0.2, 0) is 4.79 Å². The van der Waals surface area contributed by atoms with Crippen LogP contribution in [0.4, 0.5) is 11.4 Å². The van der Waals surface area contributed by atoms with Crippen LogP contribution in [0.5, 0.6) is 5.75 Å². The van der Waals surface area contributed by atoms with Gasteiger partial charge in [-0.05, 0) is 13.0 Å². The third-order valence-electron chi connectivity index (χ3n) is 1.86. The van der Waals surface area contributed by atoms with E-state index >= 15 is 0 Å². The van der Waals surface area contributed by atoms with Gasteiger partial charge in [-0.1, -0.05) is 0 Å². The van der Waals surface area contributed by atoms with Crippen LogP contribution in [0.25, 0.3) is 0 Å². The molecule has 1 amide bonds. The topological polar surface area (TPSA) is 92.4 Å². The lowest BCUT2D eigenvalue weighted by molar-refractivity contribution is -0.114. The molecule has 0 aliphatic rings. The van der Waals surface area contributed by atoms with Crippen molar-refractivity contribution in [3.8, 4) is 5.75 Å². The second-order valence-electron chi connectivity index (χ2n) is 3.19. The van der Waals surface area contributed by atoms with Crippen molar-refractivity contribution < 1.29 is 14.7 Å². The van der Waals surface area contributed by atoms with Gasteiger partial charge in [0, 0.05) is 13.0 Å². The van der Waals surface area contributed by atoms with Crippen molar-refractivity contribution in [3.05, 3.63) is 17.7 Å². The van der Waals surface area contributed by atoms with Gasteiger partial charge in [0.15, 0.2) is 5.78 Å². The largest absolute Gasteiger partial charge is 0.507 e. The number of rotatable bonds is 2. The smallest absolute Gasteiger partial charge is 0.221 e. The van der Waals surface area contributed by atoms with Crippen molar-refractivity contribution in [2.24, 2.45) is 0 Å². The summed E-state index contributed by atoms with van der Waals surface area (Å²) in [4.78, 5) is 21.8. The Morgan fingerprint density at radius 2 is 1.93 bits per heavy atom. The zero-order valence-electron chi connectivity index (χ0n) is 8.50. The number of phenolic OH excluding ortho intramolecular Hbond substituents is 1. The summed E-state index contributed by atoms with van der Waals surface area (Å²) in [5.41, 5.74) is 6.28. The van der Waals surface area contributed by atoms with Crippen molar-refractivity contribution in [2.75, 3.05) is 11.1 Å². The van der Waals surface area contributed by atoms with Gasteiger partial charge in [0.25, 0.3) is 0 Å². The van der Waals surface area contributed by atoms with E-state index < -0.39 is 0 Å². The molecule has 0 bridgehead atoms. The monoisotopic (exact) mass is 208 g/mol. The SMILES string of the molecule is CC(=O)Nc1cc(O)c(C(C)=O)cc1N. The van der Waals surface area contributed by atoms with E-state index in [-0.39, 0.29) is 28.7 Å². The van der Waals surface area contributed by atoms with Gasteiger partial charge in [-0.3, -0.25) is 9.59 Å². The van der Waals surface area contributed by atoms with Gasteiger partial charge in [0.1, 0.15) is 5.75 Å². The van der Waals surface area contributed by atoms with E-state index in [0.717, 1.165) is 0 Å². The van der Waals surface area contributed by atoms with E-state index in [0.29, 0.717) is 5.69 Å². The summed E-state index contributed by atoms with van der Waals surface area (Å²) in [7, 11) is 0. The minimum atomic E-state index is -0.295. The van der Waals surface area contributed by atoms with Crippen LogP contribution in [0.3, 0.4) is 0 Å². The van der Waals surface area contributed by atoms with Gasteiger partial charge in [-0.25, -0.2) is 0 Å². The molecule has 0 heterocycles. The van der Waals surface area contributed by atoms with Gasteiger partial charge < -0.3 is 16.2 Å². The molecule has 5 nitrogen and oxygen atoms in total. The molecule has 0 fully saturated rings. The van der Waals surface area contributed by atoms with E-state index in [4.69, 9.17) is 5.73 Å². The molecule has 0 radical (unpaired) electrons. The van der Waals surface area contributed by atoms with Gasteiger partial charge in [-0.2, -0.15) is 0 Å². The molecule has 1 aromatic rings. The Morgan fingerprint density at radius 1 is 1.33 bits per heavy atom. The first-order valence-electron chi connectivity index (χ1n) is 4.33. The average molecular weight is 208 g/mol. The molecule has 15 heavy (non-hydrogen) atoms. The highest BCUT2D eigenvalue weighted by Gasteiger charge is 2.11. The fraction of sp³-hybridized carbons (Fsp3) is 0.200. The van der Waals surface area contributed by atoms with Crippen molar-refractivity contribution >= 4 is 23.1 Å². The predicted molar refractivity (Wildman–Crippen MR) is 56.8 cm³/mol. The second-order valence-corrected chi connectivity index (χ2v) is 3.19. The van der Waals surface area contributed by atoms with Crippen LogP contribution >= 0.6 is 0 Å². The van der Waals surface area contributed by atoms with Crippen molar-refractivity contribution in [2.45, 2.75) is 13.8 Å². The molecule has 0 saturated carbocycles. The van der Waals surface area contributed by atoms with Gasteiger partial charge in [0.05, 0.1) is 16.9 Å².